The minimum absolute atomic E-state index is 0.0420. The van der Waals surface area contributed by atoms with Crippen LogP contribution < -0.4 is 0 Å². The lowest BCUT2D eigenvalue weighted by molar-refractivity contribution is 0.602. The van der Waals surface area contributed by atoms with Crippen LogP contribution in [0, 0.1) is 6.92 Å². The molecule has 0 saturated heterocycles. The number of nitrogens with zero attached hydrogens (tertiary/aromatic N) is 3. The molecule has 3 aromatic heterocycles. The highest BCUT2D eigenvalue weighted by atomic mass is 32.2. The quantitative estimate of drug-likeness (QED) is 0.734. The molecule has 0 aliphatic heterocycles. The van der Waals surface area contributed by atoms with Gasteiger partial charge in [0.15, 0.2) is 4.34 Å². The number of thiazole rings is 1. The van der Waals surface area contributed by atoms with Gasteiger partial charge in [0.1, 0.15) is 5.65 Å². The standard InChI is InChI=1S/C16H19N3OS2/c1-11-6-5-7-14-18-12(9-19(11)14)10-22(20)15-17-8-13(21-15)16(2,3)4/h5-9H,10H2,1-4H3/t22-/m0/s1. The average Bonchev–Trinajstić information content (AvgIpc) is 3.04. The number of hydrogen-bond acceptors (Lipinski definition) is 4. The third-order valence-electron chi connectivity index (χ3n) is 3.44. The summed E-state index contributed by atoms with van der Waals surface area (Å²) in [4.78, 5) is 10.0. The van der Waals surface area contributed by atoms with Gasteiger partial charge in [0, 0.05) is 23.0 Å². The molecule has 116 valence electrons. The zero-order chi connectivity index (χ0) is 15.9. The summed E-state index contributed by atoms with van der Waals surface area (Å²) in [5.41, 5.74) is 2.88. The topological polar surface area (TPSA) is 47.3 Å². The van der Waals surface area contributed by atoms with Gasteiger partial charge in [-0.15, -0.1) is 11.3 Å². The van der Waals surface area contributed by atoms with E-state index in [4.69, 9.17) is 0 Å². The third-order valence-corrected chi connectivity index (χ3v) is 6.52. The van der Waals surface area contributed by atoms with Gasteiger partial charge in [-0.3, -0.25) is 4.21 Å². The number of hydrogen-bond donors (Lipinski definition) is 0. The van der Waals surface area contributed by atoms with E-state index in [1.165, 1.54) is 11.3 Å². The SMILES string of the molecule is Cc1cccc2nc(C[S@](=O)c3ncc(C(C)(C)C)s3)cn12. The molecule has 0 unspecified atom stereocenters. The maximum atomic E-state index is 12.5. The predicted molar refractivity (Wildman–Crippen MR) is 90.9 cm³/mol. The first kappa shape index (κ1) is 15.4. The van der Waals surface area contributed by atoms with Crippen molar-refractivity contribution in [3.63, 3.8) is 0 Å². The molecule has 0 fully saturated rings. The van der Waals surface area contributed by atoms with Crippen molar-refractivity contribution >= 4 is 27.8 Å². The van der Waals surface area contributed by atoms with E-state index >= 15 is 0 Å². The molecule has 0 radical (unpaired) electrons. The van der Waals surface area contributed by atoms with Crippen LogP contribution in [0.4, 0.5) is 0 Å². The lowest BCUT2D eigenvalue weighted by Gasteiger charge is -2.14. The summed E-state index contributed by atoms with van der Waals surface area (Å²) >= 11 is 1.53. The fourth-order valence-corrected chi connectivity index (χ4v) is 4.40. The Kier molecular flexibility index (Phi) is 3.91. The van der Waals surface area contributed by atoms with Gasteiger partial charge >= 0.3 is 0 Å². The average molecular weight is 333 g/mol. The van der Waals surface area contributed by atoms with Crippen molar-refractivity contribution in [3.05, 3.63) is 46.9 Å². The summed E-state index contributed by atoms with van der Waals surface area (Å²) in [5.74, 6) is 0.401. The van der Waals surface area contributed by atoms with Crippen molar-refractivity contribution in [3.8, 4) is 0 Å². The van der Waals surface area contributed by atoms with Crippen LogP contribution in [0.2, 0.25) is 0 Å². The second-order valence-corrected chi connectivity index (χ2v) is 9.01. The van der Waals surface area contributed by atoms with E-state index < -0.39 is 10.8 Å². The lowest BCUT2D eigenvalue weighted by atomic mass is 9.96. The summed E-state index contributed by atoms with van der Waals surface area (Å²) < 4.78 is 15.2. The lowest BCUT2D eigenvalue weighted by Crippen LogP contribution is -2.07. The molecular formula is C16H19N3OS2. The van der Waals surface area contributed by atoms with Gasteiger partial charge in [0.05, 0.1) is 22.2 Å². The van der Waals surface area contributed by atoms with Crippen LogP contribution in [-0.4, -0.2) is 18.6 Å². The first-order chi connectivity index (χ1) is 10.3. The van der Waals surface area contributed by atoms with Crippen molar-refractivity contribution in [1.82, 2.24) is 14.4 Å². The third kappa shape index (κ3) is 2.98. The minimum Gasteiger partial charge on any atom is -0.304 e. The summed E-state index contributed by atoms with van der Waals surface area (Å²) in [6.07, 6.45) is 3.80. The van der Waals surface area contributed by atoms with Crippen LogP contribution >= 0.6 is 11.3 Å². The molecule has 6 heteroatoms. The van der Waals surface area contributed by atoms with Crippen molar-refractivity contribution in [2.45, 2.75) is 43.2 Å². The Hall–Kier alpha value is -1.53. The largest absolute Gasteiger partial charge is 0.304 e. The van der Waals surface area contributed by atoms with E-state index in [1.54, 1.807) is 0 Å². The molecule has 22 heavy (non-hydrogen) atoms. The van der Waals surface area contributed by atoms with Crippen LogP contribution in [0.3, 0.4) is 0 Å². The molecule has 1 atom stereocenters. The van der Waals surface area contributed by atoms with Crippen molar-refractivity contribution in [1.29, 1.82) is 0 Å². The molecule has 0 saturated carbocycles. The fourth-order valence-electron chi connectivity index (χ4n) is 2.17. The molecule has 0 aliphatic rings. The van der Waals surface area contributed by atoms with Gasteiger partial charge in [0.2, 0.25) is 0 Å². The van der Waals surface area contributed by atoms with Gasteiger partial charge in [-0.2, -0.15) is 0 Å². The van der Waals surface area contributed by atoms with Gasteiger partial charge < -0.3 is 4.40 Å². The van der Waals surface area contributed by atoms with Gasteiger partial charge in [-0.25, -0.2) is 9.97 Å². The van der Waals surface area contributed by atoms with Gasteiger partial charge in [0.25, 0.3) is 0 Å². The monoisotopic (exact) mass is 333 g/mol. The number of aryl methyl sites for hydroxylation is 1. The second-order valence-electron chi connectivity index (χ2n) is 6.36. The molecule has 3 heterocycles. The van der Waals surface area contributed by atoms with Crippen molar-refractivity contribution in [2.75, 3.05) is 0 Å². The number of aromatic nitrogens is 3. The fraction of sp³-hybridized carbons (Fsp3) is 0.375. The summed E-state index contributed by atoms with van der Waals surface area (Å²) in [7, 11) is -1.15. The number of rotatable bonds is 3. The van der Waals surface area contributed by atoms with Crippen molar-refractivity contribution < 1.29 is 4.21 Å². The minimum atomic E-state index is -1.15. The van der Waals surface area contributed by atoms with E-state index in [9.17, 15) is 4.21 Å². The van der Waals surface area contributed by atoms with Crippen LogP contribution in [0.5, 0.6) is 0 Å². The Balaban J connectivity index is 1.84. The summed E-state index contributed by atoms with van der Waals surface area (Å²) in [5, 5.41) is 0. The predicted octanol–water partition coefficient (Wildman–Crippen LogP) is 3.70. The molecule has 0 aromatic carbocycles. The Bertz CT molecular complexity index is 843. The first-order valence-corrected chi connectivity index (χ1v) is 9.26. The maximum absolute atomic E-state index is 12.5. The van der Waals surface area contributed by atoms with E-state index in [1.807, 2.05) is 41.9 Å². The van der Waals surface area contributed by atoms with Crippen LogP contribution in [0.25, 0.3) is 5.65 Å². The molecule has 0 aliphatic carbocycles. The highest BCUT2D eigenvalue weighted by Gasteiger charge is 2.20. The molecular weight excluding hydrogens is 314 g/mol. The van der Waals surface area contributed by atoms with Gasteiger partial charge in [-0.05, 0) is 24.5 Å². The molecule has 0 amide bonds. The zero-order valence-corrected chi connectivity index (χ0v) is 14.8. The van der Waals surface area contributed by atoms with E-state index in [-0.39, 0.29) is 5.41 Å². The number of pyridine rings is 1. The molecule has 0 bridgehead atoms. The maximum Gasteiger partial charge on any atom is 0.181 e. The first-order valence-electron chi connectivity index (χ1n) is 7.13. The summed E-state index contributed by atoms with van der Waals surface area (Å²) in [6.45, 7) is 8.44. The van der Waals surface area contributed by atoms with E-state index in [0.717, 1.165) is 21.9 Å². The molecule has 4 nitrogen and oxygen atoms in total. The number of fused-ring (bicyclic) bond motifs is 1. The van der Waals surface area contributed by atoms with Crippen LogP contribution in [0.15, 0.2) is 34.9 Å². The van der Waals surface area contributed by atoms with Crippen molar-refractivity contribution in [2.24, 2.45) is 0 Å². The highest BCUT2D eigenvalue weighted by molar-refractivity contribution is 7.86. The molecule has 3 aromatic rings. The van der Waals surface area contributed by atoms with E-state index in [2.05, 4.69) is 30.7 Å². The molecule has 0 N–H and O–H groups in total. The Morgan fingerprint density at radius 1 is 1.32 bits per heavy atom. The van der Waals surface area contributed by atoms with Gasteiger partial charge in [-0.1, -0.05) is 26.8 Å². The summed E-state index contributed by atoms with van der Waals surface area (Å²) in [6, 6.07) is 5.97. The van der Waals surface area contributed by atoms with Crippen LogP contribution in [0.1, 0.15) is 37.0 Å². The second kappa shape index (κ2) is 5.59. The Labute approximate surface area is 136 Å². The Morgan fingerprint density at radius 2 is 2.09 bits per heavy atom. The van der Waals surface area contributed by atoms with Crippen LogP contribution in [-0.2, 0) is 22.0 Å². The molecule has 3 rings (SSSR count). The molecule has 0 spiro atoms. The smallest absolute Gasteiger partial charge is 0.181 e. The zero-order valence-electron chi connectivity index (χ0n) is 13.2. The van der Waals surface area contributed by atoms with E-state index in [0.29, 0.717) is 10.1 Å². The number of imidazole rings is 1. The normalized spacial score (nSPS) is 13.6. The Morgan fingerprint density at radius 3 is 2.73 bits per heavy atom. The highest BCUT2D eigenvalue weighted by Crippen LogP contribution is 2.29.